The topological polar surface area (TPSA) is 87.8 Å². The molecule has 0 fully saturated rings. The summed E-state index contributed by atoms with van der Waals surface area (Å²) in [6.07, 6.45) is -4.20. The van der Waals surface area contributed by atoms with E-state index in [0.29, 0.717) is 0 Å². The van der Waals surface area contributed by atoms with E-state index in [1.807, 2.05) is 0 Å². The number of rotatable bonds is 2. The van der Waals surface area contributed by atoms with Gasteiger partial charge in [0.1, 0.15) is 4.90 Å². The van der Waals surface area contributed by atoms with Crippen molar-refractivity contribution in [2.75, 3.05) is 0 Å². The lowest BCUT2D eigenvalue weighted by Gasteiger charge is -2.32. The standard InChI is InChI=1S/C9H11F3N4O3S/c1-6-3-8(17,9(10,11)12)16(14-6)20(18,19)7-4-13-15(2)5-7/h4-5,17H,3H2,1-2H3/t8-/m1/s1. The lowest BCUT2D eigenvalue weighted by molar-refractivity contribution is -0.291. The van der Waals surface area contributed by atoms with Crippen LogP contribution in [-0.4, -0.2) is 45.3 Å². The van der Waals surface area contributed by atoms with Crippen molar-refractivity contribution >= 4 is 15.7 Å². The molecular formula is C9H11F3N4O3S. The molecule has 0 unspecified atom stereocenters. The van der Waals surface area contributed by atoms with E-state index in [1.54, 1.807) is 0 Å². The van der Waals surface area contributed by atoms with E-state index < -0.39 is 33.2 Å². The molecular weight excluding hydrogens is 301 g/mol. The van der Waals surface area contributed by atoms with Gasteiger partial charge in [-0.15, -0.1) is 4.41 Å². The normalized spacial score (nSPS) is 24.1. The van der Waals surface area contributed by atoms with E-state index in [9.17, 15) is 26.7 Å². The zero-order valence-corrected chi connectivity index (χ0v) is 11.3. The van der Waals surface area contributed by atoms with Crippen molar-refractivity contribution < 1.29 is 26.7 Å². The predicted molar refractivity (Wildman–Crippen MR) is 61.0 cm³/mol. The van der Waals surface area contributed by atoms with Crippen molar-refractivity contribution in [3.05, 3.63) is 12.4 Å². The van der Waals surface area contributed by atoms with Gasteiger partial charge in [-0.05, 0) is 6.92 Å². The van der Waals surface area contributed by atoms with E-state index in [0.717, 1.165) is 17.1 Å². The highest BCUT2D eigenvalue weighted by atomic mass is 32.2. The van der Waals surface area contributed by atoms with Crippen LogP contribution in [0.15, 0.2) is 22.4 Å². The van der Waals surface area contributed by atoms with Gasteiger partial charge in [-0.2, -0.15) is 31.8 Å². The van der Waals surface area contributed by atoms with Crippen molar-refractivity contribution in [3.8, 4) is 0 Å². The summed E-state index contributed by atoms with van der Waals surface area (Å²) in [7, 11) is -3.24. The lowest BCUT2D eigenvalue weighted by Crippen LogP contribution is -2.56. The fourth-order valence-electron chi connectivity index (χ4n) is 1.79. The first kappa shape index (κ1) is 14.8. The van der Waals surface area contributed by atoms with Crippen LogP contribution in [0.25, 0.3) is 0 Å². The third kappa shape index (κ3) is 2.06. The molecule has 1 aromatic rings. The molecule has 0 aliphatic carbocycles. The van der Waals surface area contributed by atoms with Crippen molar-refractivity contribution in [2.24, 2.45) is 12.1 Å². The average molecular weight is 312 g/mol. The summed E-state index contributed by atoms with van der Waals surface area (Å²) >= 11 is 0. The fraction of sp³-hybridized carbons (Fsp3) is 0.556. The van der Waals surface area contributed by atoms with Gasteiger partial charge >= 0.3 is 6.18 Å². The second-order valence-electron chi connectivity index (χ2n) is 4.42. The van der Waals surface area contributed by atoms with Crippen molar-refractivity contribution in [3.63, 3.8) is 0 Å². The molecule has 2 heterocycles. The Bertz CT molecular complexity index is 666. The van der Waals surface area contributed by atoms with E-state index in [4.69, 9.17) is 0 Å². The molecule has 1 N–H and O–H groups in total. The summed E-state index contributed by atoms with van der Waals surface area (Å²) in [6.45, 7) is 1.20. The van der Waals surface area contributed by atoms with Crippen LogP contribution in [-0.2, 0) is 17.1 Å². The summed E-state index contributed by atoms with van der Waals surface area (Å²) in [5.41, 5.74) is -3.72. The first-order chi connectivity index (χ1) is 8.98. The van der Waals surface area contributed by atoms with E-state index in [-0.39, 0.29) is 10.1 Å². The lowest BCUT2D eigenvalue weighted by atomic mass is 10.1. The largest absolute Gasteiger partial charge is 0.439 e. The number of sulfonamides is 1. The van der Waals surface area contributed by atoms with Gasteiger partial charge in [0.25, 0.3) is 15.7 Å². The molecule has 7 nitrogen and oxygen atoms in total. The Morgan fingerprint density at radius 3 is 2.50 bits per heavy atom. The van der Waals surface area contributed by atoms with Gasteiger partial charge < -0.3 is 5.11 Å². The minimum Gasteiger partial charge on any atom is -0.361 e. The Balaban J connectivity index is 2.55. The van der Waals surface area contributed by atoms with Crippen LogP contribution in [0.3, 0.4) is 0 Å². The Hall–Kier alpha value is -1.62. The third-order valence-corrected chi connectivity index (χ3v) is 4.39. The quantitative estimate of drug-likeness (QED) is 0.858. The third-order valence-electron chi connectivity index (χ3n) is 2.74. The minimum atomic E-state index is -5.18. The first-order valence-electron chi connectivity index (χ1n) is 5.36. The van der Waals surface area contributed by atoms with Crippen molar-refractivity contribution in [1.29, 1.82) is 0 Å². The number of aromatic nitrogens is 2. The molecule has 0 saturated carbocycles. The molecule has 1 aromatic heterocycles. The highest BCUT2D eigenvalue weighted by Crippen LogP contribution is 2.42. The van der Waals surface area contributed by atoms with Crippen molar-refractivity contribution in [2.45, 2.75) is 30.1 Å². The molecule has 112 valence electrons. The van der Waals surface area contributed by atoms with Gasteiger partial charge in [-0.3, -0.25) is 4.68 Å². The number of nitrogens with zero attached hydrogens (tertiary/aromatic N) is 4. The summed E-state index contributed by atoms with van der Waals surface area (Å²) < 4.78 is 64.0. The number of hydrazone groups is 1. The summed E-state index contributed by atoms with van der Waals surface area (Å²) in [5, 5.41) is 16.6. The molecule has 0 aromatic carbocycles. The number of aliphatic hydroxyl groups is 1. The van der Waals surface area contributed by atoms with Crippen LogP contribution in [0.1, 0.15) is 13.3 Å². The zero-order valence-electron chi connectivity index (χ0n) is 10.5. The molecule has 0 bridgehead atoms. The van der Waals surface area contributed by atoms with Crippen LogP contribution in [0.2, 0.25) is 0 Å². The molecule has 0 radical (unpaired) electrons. The molecule has 2 rings (SSSR count). The second kappa shape index (κ2) is 4.19. The highest BCUT2D eigenvalue weighted by molar-refractivity contribution is 7.89. The maximum absolute atomic E-state index is 13.0. The number of halogens is 3. The molecule has 11 heteroatoms. The minimum absolute atomic E-state index is 0.141. The number of hydrogen-bond acceptors (Lipinski definition) is 5. The van der Waals surface area contributed by atoms with Gasteiger partial charge in [-0.1, -0.05) is 0 Å². The Morgan fingerprint density at radius 1 is 1.45 bits per heavy atom. The number of hydrogen-bond donors (Lipinski definition) is 1. The molecule has 1 aliphatic rings. The maximum atomic E-state index is 13.0. The molecule has 1 aliphatic heterocycles. The highest BCUT2D eigenvalue weighted by Gasteiger charge is 2.64. The van der Waals surface area contributed by atoms with Gasteiger partial charge in [0.05, 0.1) is 6.20 Å². The van der Waals surface area contributed by atoms with E-state index >= 15 is 0 Å². The van der Waals surface area contributed by atoms with Crippen LogP contribution in [0.5, 0.6) is 0 Å². The zero-order chi connectivity index (χ0) is 15.3. The number of aryl methyl sites for hydroxylation is 1. The molecule has 0 saturated heterocycles. The van der Waals surface area contributed by atoms with Crippen molar-refractivity contribution in [1.82, 2.24) is 14.2 Å². The maximum Gasteiger partial charge on any atom is 0.439 e. The van der Waals surface area contributed by atoms with E-state index in [1.165, 1.54) is 14.0 Å². The Kier molecular flexibility index (Phi) is 3.09. The molecule has 20 heavy (non-hydrogen) atoms. The summed E-state index contributed by atoms with van der Waals surface area (Å²) in [4.78, 5) is -0.485. The first-order valence-corrected chi connectivity index (χ1v) is 6.80. The molecule has 0 amide bonds. The molecule has 1 atom stereocenters. The SMILES string of the molecule is CC1=NN(S(=O)(=O)c2cnn(C)c2)[C@](O)(C(F)(F)F)C1. The van der Waals surface area contributed by atoms with Gasteiger partial charge in [0.15, 0.2) is 0 Å². The van der Waals surface area contributed by atoms with Gasteiger partial charge in [0, 0.05) is 25.4 Å². The summed E-state index contributed by atoms with van der Waals surface area (Å²) in [5.74, 6) is 0. The smallest absolute Gasteiger partial charge is 0.361 e. The van der Waals surface area contributed by atoms with E-state index in [2.05, 4.69) is 10.2 Å². The number of alkyl halides is 3. The van der Waals surface area contributed by atoms with Gasteiger partial charge in [0.2, 0.25) is 0 Å². The van der Waals surface area contributed by atoms with Crippen LogP contribution in [0.4, 0.5) is 13.2 Å². The van der Waals surface area contributed by atoms with Crippen LogP contribution < -0.4 is 0 Å². The fourth-order valence-corrected chi connectivity index (χ4v) is 3.27. The Morgan fingerprint density at radius 2 is 2.05 bits per heavy atom. The average Bonchev–Trinajstić information content (AvgIpc) is 2.83. The monoisotopic (exact) mass is 312 g/mol. The van der Waals surface area contributed by atoms with Gasteiger partial charge in [-0.25, -0.2) is 0 Å². The van der Waals surface area contributed by atoms with Crippen LogP contribution >= 0.6 is 0 Å². The van der Waals surface area contributed by atoms with Crippen LogP contribution in [0, 0.1) is 0 Å². The molecule has 0 spiro atoms. The Labute approximate surface area is 112 Å². The summed E-state index contributed by atoms with van der Waals surface area (Å²) in [6, 6.07) is 0. The predicted octanol–water partition coefficient (Wildman–Crippen LogP) is 0.441. The second-order valence-corrected chi connectivity index (χ2v) is 6.19.